The van der Waals surface area contributed by atoms with Crippen molar-refractivity contribution in [2.24, 2.45) is 0 Å². The van der Waals surface area contributed by atoms with Crippen molar-refractivity contribution >= 4 is 5.95 Å². The van der Waals surface area contributed by atoms with Crippen molar-refractivity contribution in [3.8, 4) is 0 Å². The molecule has 1 aromatic rings. The number of hydrogen-bond acceptors (Lipinski definition) is 4. The van der Waals surface area contributed by atoms with Crippen LogP contribution in [0.25, 0.3) is 0 Å². The highest BCUT2D eigenvalue weighted by Crippen LogP contribution is 2.23. The second-order valence-corrected chi connectivity index (χ2v) is 5.04. The van der Waals surface area contributed by atoms with E-state index in [1.54, 1.807) is 6.20 Å². The normalized spacial score (nSPS) is 20.8. The van der Waals surface area contributed by atoms with Crippen LogP contribution in [0, 0.1) is 6.92 Å². The lowest BCUT2D eigenvalue weighted by atomic mass is 10.1. The molecule has 1 aromatic heterocycles. The molecule has 0 amide bonds. The summed E-state index contributed by atoms with van der Waals surface area (Å²) >= 11 is 0. The van der Waals surface area contributed by atoms with Crippen LogP contribution in [0.1, 0.15) is 50.3 Å². The van der Waals surface area contributed by atoms with Gasteiger partial charge in [-0.2, -0.15) is 0 Å². The van der Waals surface area contributed by atoms with Gasteiger partial charge >= 0.3 is 0 Å². The molecule has 1 saturated heterocycles. The highest BCUT2D eigenvalue weighted by molar-refractivity contribution is 5.34. The number of anilines is 1. The third-order valence-corrected chi connectivity index (χ3v) is 3.84. The van der Waals surface area contributed by atoms with Gasteiger partial charge in [0, 0.05) is 30.0 Å². The van der Waals surface area contributed by atoms with Crippen molar-refractivity contribution in [2.75, 3.05) is 11.4 Å². The Morgan fingerprint density at radius 2 is 2.22 bits per heavy atom. The van der Waals surface area contributed by atoms with Gasteiger partial charge in [0.15, 0.2) is 0 Å². The zero-order valence-electron chi connectivity index (χ0n) is 11.4. The minimum atomic E-state index is 0.0172. The number of nitrogens with zero attached hydrogens (tertiary/aromatic N) is 3. The number of rotatable bonds is 3. The molecule has 4 nitrogen and oxygen atoms in total. The maximum absolute atomic E-state index is 9.17. The van der Waals surface area contributed by atoms with Crippen LogP contribution < -0.4 is 4.90 Å². The summed E-state index contributed by atoms with van der Waals surface area (Å²) in [6.45, 7) is 5.24. The number of hydrogen-bond donors (Lipinski definition) is 1. The van der Waals surface area contributed by atoms with Gasteiger partial charge in [-0.25, -0.2) is 9.97 Å². The van der Waals surface area contributed by atoms with Gasteiger partial charge in [0.25, 0.3) is 0 Å². The SMILES string of the molecule is CCC1CCCCCN1c1ncc(CO)c(C)n1. The highest BCUT2D eigenvalue weighted by Gasteiger charge is 2.22. The largest absolute Gasteiger partial charge is 0.392 e. The Labute approximate surface area is 109 Å². The second-order valence-electron chi connectivity index (χ2n) is 5.04. The lowest BCUT2D eigenvalue weighted by Gasteiger charge is -2.29. The van der Waals surface area contributed by atoms with Crippen LogP contribution in [0.4, 0.5) is 5.95 Å². The molecule has 1 fully saturated rings. The average molecular weight is 249 g/mol. The van der Waals surface area contributed by atoms with Crippen molar-refractivity contribution in [1.82, 2.24) is 9.97 Å². The fraction of sp³-hybridized carbons (Fsp3) is 0.714. The van der Waals surface area contributed by atoms with Gasteiger partial charge in [-0.05, 0) is 26.2 Å². The van der Waals surface area contributed by atoms with Crippen molar-refractivity contribution in [1.29, 1.82) is 0 Å². The molecule has 4 heteroatoms. The third kappa shape index (κ3) is 2.80. The first kappa shape index (κ1) is 13.3. The molecule has 0 aromatic carbocycles. The molecule has 0 aliphatic carbocycles. The van der Waals surface area contributed by atoms with Gasteiger partial charge in [0.2, 0.25) is 5.95 Å². The van der Waals surface area contributed by atoms with E-state index in [1.807, 2.05) is 6.92 Å². The third-order valence-electron chi connectivity index (χ3n) is 3.84. The van der Waals surface area contributed by atoms with Crippen LogP contribution >= 0.6 is 0 Å². The van der Waals surface area contributed by atoms with E-state index in [0.717, 1.165) is 30.2 Å². The van der Waals surface area contributed by atoms with E-state index < -0.39 is 0 Å². The monoisotopic (exact) mass is 249 g/mol. The lowest BCUT2D eigenvalue weighted by molar-refractivity contribution is 0.280. The van der Waals surface area contributed by atoms with Crippen LogP contribution in [0.2, 0.25) is 0 Å². The van der Waals surface area contributed by atoms with Gasteiger partial charge in [-0.15, -0.1) is 0 Å². The standard InChI is InChI=1S/C14H23N3O/c1-3-13-7-5-4-6-8-17(13)14-15-9-12(10-18)11(2)16-14/h9,13,18H,3-8,10H2,1-2H3. The van der Waals surface area contributed by atoms with Crippen LogP contribution in [-0.4, -0.2) is 27.7 Å². The predicted octanol–water partition coefficient (Wildman–Crippen LogP) is 2.44. The van der Waals surface area contributed by atoms with Crippen LogP contribution in [0.5, 0.6) is 0 Å². The molecule has 1 aliphatic heterocycles. The Kier molecular flexibility index (Phi) is 4.53. The van der Waals surface area contributed by atoms with Gasteiger partial charge in [0.05, 0.1) is 6.61 Å². The van der Waals surface area contributed by atoms with Gasteiger partial charge < -0.3 is 10.0 Å². The number of aliphatic hydroxyl groups is 1. The second kappa shape index (κ2) is 6.14. The molecule has 1 unspecified atom stereocenters. The molecule has 0 saturated carbocycles. The first-order valence-electron chi connectivity index (χ1n) is 6.96. The van der Waals surface area contributed by atoms with E-state index in [0.29, 0.717) is 6.04 Å². The summed E-state index contributed by atoms with van der Waals surface area (Å²) < 4.78 is 0. The quantitative estimate of drug-likeness (QED) is 0.894. The first-order valence-corrected chi connectivity index (χ1v) is 6.96. The highest BCUT2D eigenvalue weighted by atomic mass is 16.3. The number of aromatic nitrogens is 2. The van der Waals surface area contributed by atoms with Crippen molar-refractivity contribution in [3.63, 3.8) is 0 Å². The van der Waals surface area contributed by atoms with E-state index in [2.05, 4.69) is 21.8 Å². The maximum Gasteiger partial charge on any atom is 0.225 e. The molecule has 18 heavy (non-hydrogen) atoms. The Morgan fingerprint density at radius 1 is 1.39 bits per heavy atom. The van der Waals surface area contributed by atoms with Crippen LogP contribution in [0.3, 0.4) is 0 Å². The minimum Gasteiger partial charge on any atom is -0.392 e. The minimum absolute atomic E-state index is 0.0172. The fourth-order valence-electron chi connectivity index (χ4n) is 2.64. The lowest BCUT2D eigenvalue weighted by Crippen LogP contribution is -2.35. The van der Waals surface area contributed by atoms with Crippen LogP contribution in [0.15, 0.2) is 6.20 Å². The fourth-order valence-corrected chi connectivity index (χ4v) is 2.64. The van der Waals surface area contributed by atoms with Gasteiger partial charge in [0.1, 0.15) is 0 Å². The van der Waals surface area contributed by atoms with Gasteiger partial charge in [-0.1, -0.05) is 19.8 Å². The van der Waals surface area contributed by atoms with Crippen molar-refractivity contribution in [3.05, 3.63) is 17.5 Å². The summed E-state index contributed by atoms with van der Waals surface area (Å²) in [5.41, 5.74) is 1.71. The summed E-state index contributed by atoms with van der Waals surface area (Å²) in [6.07, 6.45) is 7.98. The zero-order valence-corrected chi connectivity index (χ0v) is 11.4. The van der Waals surface area contributed by atoms with E-state index in [-0.39, 0.29) is 6.61 Å². The van der Waals surface area contributed by atoms with Crippen molar-refractivity contribution < 1.29 is 5.11 Å². The van der Waals surface area contributed by atoms with Crippen LogP contribution in [-0.2, 0) is 6.61 Å². The molecule has 0 spiro atoms. The first-order chi connectivity index (χ1) is 8.76. The summed E-state index contributed by atoms with van der Waals surface area (Å²) in [6, 6.07) is 0.562. The Morgan fingerprint density at radius 3 is 2.89 bits per heavy atom. The van der Waals surface area contributed by atoms with Crippen molar-refractivity contribution in [2.45, 2.75) is 58.6 Å². The smallest absolute Gasteiger partial charge is 0.225 e. The summed E-state index contributed by atoms with van der Waals surface area (Å²) in [5, 5.41) is 9.17. The van der Waals surface area contributed by atoms with E-state index in [4.69, 9.17) is 5.11 Å². The Balaban J connectivity index is 2.24. The molecular weight excluding hydrogens is 226 g/mol. The molecule has 1 atom stereocenters. The maximum atomic E-state index is 9.17. The molecule has 0 bridgehead atoms. The number of aliphatic hydroxyl groups excluding tert-OH is 1. The molecular formula is C14H23N3O. The van der Waals surface area contributed by atoms with E-state index in [9.17, 15) is 0 Å². The van der Waals surface area contributed by atoms with Gasteiger partial charge in [-0.3, -0.25) is 0 Å². The van der Waals surface area contributed by atoms with E-state index >= 15 is 0 Å². The summed E-state index contributed by atoms with van der Waals surface area (Å²) in [7, 11) is 0. The molecule has 1 aliphatic rings. The number of aryl methyl sites for hydroxylation is 1. The topological polar surface area (TPSA) is 49.2 Å². The molecule has 2 rings (SSSR count). The Hall–Kier alpha value is -1.16. The summed E-state index contributed by atoms with van der Waals surface area (Å²) in [4.78, 5) is 11.3. The predicted molar refractivity (Wildman–Crippen MR) is 72.6 cm³/mol. The molecule has 100 valence electrons. The molecule has 2 heterocycles. The molecule has 1 N–H and O–H groups in total. The zero-order chi connectivity index (χ0) is 13.0. The summed E-state index contributed by atoms with van der Waals surface area (Å²) in [5.74, 6) is 0.832. The average Bonchev–Trinajstić information content (AvgIpc) is 2.63. The Bertz CT molecular complexity index is 395. The van der Waals surface area contributed by atoms with E-state index in [1.165, 1.54) is 25.7 Å². The molecule has 0 radical (unpaired) electrons.